The molecule has 3 heterocycles. The van der Waals surface area contributed by atoms with Crippen LogP contribution in [0, 0.1) is 19.7 Å². The van der Waals surface area contributed by atoms with E-state index in [1.165, 1.54) is 21.2 Å². The molecule has 0 saturated heterocycles. The van der Waals surface area contributed by atoms with E-state index in [1.54, 1.807) is 12.1 Å². The van der Waals surface area contributed by atoms with Crippen LogP contribution in [0.2, 0.25) is 0 Å². The zero-order valence-electron chi connectivity index (χ0n) is 18.9. The van der Waals surface area contributed by atoms with Gasteiger partial charge >= 0.3 is 11.6 Å². The van der Waals surface area contributed by atoms with Gasteiger partial charge in [0.2, 0.25) is 5.65 Å². The van der Waals surface area contributed by atoms with E-state index < -0.39 is 0 Å². The second kappa shape index (κ2) is 8.55. The predicted molar refractivity (Wildman–Crippen MR) is 129 cm³/mol. The van der Waals surface area contributed by atoms with Crippen molar-refractivity contribution in [2.75, 3.05) is 5.73 Å². The van der Waals surface area contributed by atoms with Crippen LogP contribution in [0.15, 0.2) is 71.5 Å². The van der Waals surface area contributed by atoms with E-state index >= 15 is 0 Å². The van der Waals surface area contributed by atoms with Crippen LogP contribution in [-0.4, -0.2) is 19.2 Å². The number of rotatable bonds is 5. The monoisotopic (exact) mass is 455 g/mol. The highest BCUT2D eigenvalue weighted by atomic mass is 19.1. The summed E-state index contributed by atoms with van der Waals surface area (Å²) < 4.78 is 16.1. The standard InChI is InChI=1S/C26H23FN6O/c1-16-14-20(15-17(2)29-16)22-23(19-6-4-3-5-7-19)30-25(28)33-24(22)31-32(26(33)34)13-12-18-8-10-21(27)11-9-18/h3-11,14-15H,12-13H2,1-2H3,(H2,28,30)/p+1. The Labute approximate surface area is 195 Å². The van der Waals surface area contributed by atoms with Crippen molar-refractivity contribution in [2.24, 2.45) is 0 Å². The van der Waals surface area contributed by atoms with Crippen LogP contribution in [0.3, 0.4) is 0 Å². The van der Waals surface area contributed by atoms with Gasteiger partial charge in [0, 0.05) is 17.0 Å². The van der Waals surface area contributed by atoms with E-state index in [0.717, 1.165) is 39.3 Å². The van der Waals surface area contributed by atoms with Crippen molar-refractivity contribution >= 4 is 11.6 Å². The van der Waals surface area contributed by atoms with Crippen molar-refractivity contribution in [3.8, 4) is 22.4 Å². The summed E-state index contributed by atoms with van der Waals surface area (Å²) in [5.74, 6) is -0.101. The lowest BCUT2D eigenvalue weighted by molar-refractivity contribution is -0.351. The average Bonchev–Trinajstić information content (AvgIpc) is 3.15. The molecule has 5 aromatic rings. The highest BCUT2D eigenvalue weighted by Gasteiger charge is 2.25. The molecule has 0 aliphatic heterocycles. The van der Waals surface area contributed by atoms with Gasteiger partial charge in [-0.3, -0.25) is 10.7 Å². The molecule has 34 heavy (non-hydrogen) atoms. The third-order valence-electron chi connectivity index (χ3n) is 5.77. The highest BCUT2D eigenvalue weighted by molar-refractivity contribution is 5.88. The molecule has 0 radical (unpaired) electrons. The van der Waals surface area contributed by atoms with Gasteiger partial charge < -0.3 is 0 Å². The second-order valence-electron chi connectivity index (χ2n) is 8.31. The van der Waals surface area contributed by atoms with E-state index in [0.29, 0.717) is 18.6 Å². The minimum Gasteiger partial charge on any atom is -0.290 e. The Kier molecular flexibility index (Phi) is 5.41. The van der Waals surface area contributed by atoms with Gasteiger partial charge in [0.15, 0.2) is 0 Å². The van der Waals surface area contributed by atoms with E-state index in [-0.39, 0.29) is 17.5 Å². The highest BCUT2D eigenvalue weighted by Crippen LogP contribution is 2.32. The maximum Gasteiger partial charge on any atom is 0.411 e. The fourth-order valence-corrected chi connectivity index (χ4v) is 4.25. The third kappa shape index (κ3) is 3.94. The molecule has 0 bridgehead atoms. The molecule has 3 N–H and O–H groups in total. The summed E-state index contributed by atoms with van der Waals surface area (Å²) in [5.41, 5.74) is 12.5. The number of H-pyrrole nitrogens is 1. The largest absolute Gasteiger partial charge is 0.411 e. The number of nitrogens with two attached hydrogens (primary N) is 1. The Balaban J connectivity index is 1.72. The number of aryl methyl sites for hydroxylation is 4. The van der Waals surface area contributed by atoms with Crippen molar-refractivity contribution in [2.45, 2.75) is 26.8 Å². The van der Waals surface area contributed by atoms with Crippen LogP contribution >= 0.6 is 0 Å². The number of pyridine rings is 1. The Morgan fingerprint density at radius 3 is 2.32 bits per heavy atom. The molecular weight excluding hydrogens is 431 g/mol. The van der Waals surface area contributed by atoms with Crippen molar-refractivity contribution < 1.29 is 9.37 Å². The number of nitrogen functional groups attached to an aromatic ring is 1. The smallest absolute Gasteiger partial charge is 0.290 e. The Morgan fingerprint density at radius 2 is 1.65 bits per heavy atom. The molecule has 0 unspecified atom stereocenters. The topological polar surface area (TPSA) is 92.3 Å². The molecule has 0 fully saturated rings. The normalized spacial score (nSPS) is 11.3. The maximum absolute atomic E-state index is 13.3. The lowest BCUT2D eigenvalue weighted by atomic mass is 9.99. The first-order chi connectivity index (χ1) is 16.4. The van der Waals surface area contributed by atoms with Gasteiger partial charge in [0.1, 0.15) is 11.5 Å². The minimum atomic E-state index is -0.339. The van der Waals surface area contributed by atoms with E-state index in [1.807, 2.05) is 56.3 Å². The molecule has 0 spiro atoms. The minimum absolute atomic E-state index is 0.193. The van der Waals surface area contributed by atoms with Crippen LogP contribution in [0.5, 0.6) is 0 Å². The number of fused-ring (bicyclic) bond motifs is 1. The second-order valence-corrected chi connectivity index (χ2v) is 8.31. The number of hydrogen-bond acceptors (Lipinski definition) is 4. The number of aromatic nitrogens is 5. The average molecular weight is 456 g/mol. The van der Waals surface area contributed by atoms with Crippen LogP contribution in [0.25, 0.3) is 28.0 Å². The maximum atomic E-state index is 13.3. The number of nitrogens with one attached hydrogen (secondary N) is 1. The Hall–Kier alpha value is -4.33. The molecular formula is C26H24FN6O+. The SMILES string of the molecule is Cc1cc(-c2c(-c3ccccc3)[nH+]c(N)n3c(=O)n(CCc4ccc(F)cc4)nc23)cc(C)n1. The molecule has 0 amide bonds. The van der Waals surface area contributed by atoms with Gasteiger partial charge in [-0.1, -0.05) is 42.5 Å². The number of nitrogens with zero attached hydrogens (tertiary/aromatic N) is 4. The van der Waals surface area contributed by atoms with E-state index in [2.05, 4.69) is 9.97 Å². The summed E-state index contributed by atoms with van der Waals surface area (Å²) in [5, 5.41) is 4.70. The first kappa shape index (κ1) is 21.5. The van der Waals surface area contributed by atoms with Crippen LogP contribution in [0.4, 0.5) is 10.3 Å². The summed E-state index contributed by atoms with van der Waals surface area (Å²) in [7, 11) is 0. The quantitative estimate of drug-likeness (QED) is 0.438. The summed E-state index contributed by atoms with van der Waals surface area (Å²) in [4.78, 5) is 21.0. The van der Waals surface area contributed by atoms with Crippen molar-refractivity contribution in [1.29, 1.82) is 0 Å². The third-order valence-corrected chi connectivity index (χ3v) is 5.77. The molecule has 170 valence electrons. The Morgan fingerprint density at radius 1 is 0.971 bits per heavy atom. The molecule has 0 aliphatic rings. The lowest BCUT2D eigenvalue weighted by Gasteiger charge is -2.10. The predicted octanol–water partition coefficient (Wildman–Crippen LogP) is 3.62. The van der Waals surface area contributed by atoms with Crippen LogP contribution in [0.1, 0.15) is 17.0 Å². The van der Waals surface area contributed by atoms with Gasteiger partial charge in [-0.15, -0.1) is 9.50 Å². The van der Waals surface area contributed by atoms with Gasteiger partial charge in [0.25, 0.3) is 0 Å². The van der Waals surface area contributed by atoms with Crippen molar-refractivity contribution in [3.63, 3.8) is 0 Å². The number of halogens is 1. The van der Waals surface area contributed by atoms with E-state index in [4.69, 9.17) is 10.8 Å². The number of hydrogen-bond donors (Lipinski definition) is 1. The molecule has 5 rings (SSSR count). The van der Waals surface area contributed by atoms with Crippen molar-refractivity contribution in [3.05, 3.63) is 100.0 Å². The Bertz CT molecular complexity index is 1530. The molecule has 0 saturated carbocycles. The first-order valence-corrected chi connectivity index (χ1v) is 11.0. The van der Waals surface area contributed by atoms with Crippen molar-refractivity contribution in [1.82, 2.24) is 19.2 Å². The number of aromatic amines is 1. The van der Waals surface area contributed by atoms with Crippen LogP contribution in [-0.2, 0) is 13.0 Å². The molecule has 2 aromatic carbocycles. The zero-order valence-corrected chi connectivity index (χ0v) is 18.9. The molecule has 0 aliphatic carbocycles. The molecule has 8 heteroatoms. The summed E-state index contributed by atoms with van der Waals surface area (Å²) >= 11 is 0. The summed E-state index contributed by atoms with van der Waals surface area (Å²) in [6.07, 6.45) is 0.530. The molecule has 7 nitrogen and oxygen atoms in total. The number of benzene rings is 2. The number of anilines is 1. The fourth-order valence-electron chi connectivity index (χ4n) is 4.25. The summed E-state index contributed by atoms with van der Waals surface area (Å²) in [6, 6.07) is 20.0. The molecule has 3 aromatic heterocycles. The molecule has 0 atom stereocenters. The van der Waals surface area contributed by atoms with Gasteiger partial charge in [0.05, 0.1) is 12.1 Å². The van der Waals surface area contributed by atoms with Crippen LogP contribution < -0.4 is 16.4 Å². The van der Waals surface area contributed by atoms with Gasteiger partial charge in [-0.25, -0.2) is 14.2 Å². The first-order valence-electron chi connectivity index (χ1n) is 11.0. The lowest BCUT2D eigenvalue weighted by Crippen LogP contribution is -2.28. The summed E-state index contributed by atoms with van der Waals surface area (Å²) in [6.45, 7) is 4.20. The van der Waals surface area contributed by atoms with E-state index in [9.17, 15) is 9.18 Å². The van der Waals surface area contributed by atoms with Gasteiger partial charge in [-0.05, 0) is 55.7 Å². The zero-order chi connectivity index (χ0) is 23.8. The fraction of sp³-hybridized carbons (Fsp3) is 0.154. The van der Waals surface area contributed by atoms with Gasteiger partial charge in [-0.2, -0.15) is 4.68 Å².